The SMILES string of the molecule is CCOC(=O)[C@]12C(=O)OC(C)(C)[C@H]1[C@]2(CC)C(=O)c1ccc(-c2ccccc2)cc1. The average molecular weight is 406 g/mol. The zero-order valence-corrected chi connectivity index (χ0v) is 17.7. The summed E-state index contributed by atoms with van der Waals surface area (Å²) in [6.45, 7) is 7.20. The first kappa shape index (κ1) is 20.3. The Hall–Kier alpha value is -2.95. The van der Waals surface area contributed by atoms with Crippen molar-refractivity contribution >= 4 is 17.7 Å². The Kier molecular flexibility index (Phi) is 4.60. The molecular formula is C25H26O5. The third-order valence-electron chi connectivity index (χ3n) is 6.73. The van der Waals surface area contributed by atoms with Gasteiger partial charge in [-0.25, -0.2) is 0 Å². The molecule has 0 aromatic heterocycles. The van der Waals surface area contributed by atoms with E-state index in [2.05, 4.69) is 0 Å². The topological polar surface area (TPSA) is 69.7 Å². The first-order chi connectivity index (χ1) is 14.3. The summed E-state index contributed by atoms with van der Waals surface area (Å²) in [6, 6.07) is 17.2. The molecule has 0 N–H and O–H groups in total. The number of cyclic esters (lactones) is 1. The second-order valence-electron chi connectivity index (χ2n) is 8.55. The van der Waals surface area contributed by atoms with Crippen LogP contribution in [-0.2, 0) is 19.1 Å². The van der Waals surface area contributed by atoms with Crippen LogP contribution in [0.4, 0.5) is 0 Å². The molecule has 2 aliphatic rings. The maximum absolute atomic E-state index is 13.8. The van der Waals surface area contributed by atoms with E-state index in [1.165, 1.54) is 0 Å². The van der Waals surface area contributed by atoms with Crippen molar-refractivity contribution in [2.24, 2.45) is 16.7 Å². The van der Waals surface area contributed by atoms with E-state index in [0.717, 1.165) is 11.1 Å². The fourth-order valence-electron chi connectivity index (χ4n) is 5.61. The van der Waals surface area contributed by atoms with Crippen LogP contribution in [0.15, 0.2) is 54.6 Å². The summed E-state index contributed by atoms with van der Waals surface area (Å²) in [6.07, 6.45) is 0.355. The third-order valence-corrected chi connectivity index (χ3v) is 6.73. The lowest BCUT2D eigenvalue weighted by atomic mass is 9.81. The largest absolute Gasteiger partial charge is 0.465 e. The van der Waals surface area contributed by atoms with Gasteiger partial charge in [-0.05, 0) is 38.3 Å². The molecule has 0 bridgehead atoms. The van der Waals surface area contributed by atoms with Crippen LogP contribution in [0.1, 0.15) is 44.5 Å². The summed E-state index contributed by atoms with van der Waals surface area (Å²) in [4.78, 5) is 39.7. The van der Waals surface area contributed by atoms with Gasteiger partial charge < -0.3 is 9.47 Å². The predicted molar refractivity (Wildman–Crippen MR) is 112 cm³/mol. The molecule has 1 saturated carbocycles. The highest BCUT2D eigenvalue weighted by Gasteiger charge is 2.95. The van der Waals surface area contributed by atoms with Gasteiger partial charge in [0.1, 0.15) is 5.60 Å². The van der Waals surface area contributed by atoms with Crippen LogP contribution >= 0.6 is 0 Å². The lowest BCUT2D eigenvalue weighted by Gasteiger charge is -2.28. The van der Waals surface area contributed by atoms with Gasteiger partial charge in [0.05, 0.1) is 12.0 Å². The highest BCUT2D eigenvalue weighted by atomic mass is 16.6. The molecule has 1 heterocycles. The van der Waals surface area contributed by atoms with Gasteiger partial charge in [-0.1, -0.05) is 61.5 Å². The van der Waals surface area contributed by atoms with Gasteiger partial charge in [-0.2, -0.15) is 0 Å². The molecule has 2 aromatic rings. The van der Waals surface area contributed by atoms with Gasteiger partial charge >= 0.3 is 11.9 Å². The minimum absolute atomic E-state index is 0.140. The van der Waals surface area contributed by atoms with E-state index in [4.69, 9.17) is 9.47 Å². The van der Waals surface area contributed by atoms with Crippen LogP contribution < -0.4 is 0 Å². The van der Waals surface area contributed by atoms with Crippen LogP contribution in [0.5, 0.6) is 0 Å². The number of ether oxygens (including phenoxy) is 2. The smallest absolute Gasteiger partial charge is 0.325 e. The molecule has 5 heteroatoms. The molecule has 1 saturated heterocycles. The van der Waals surface area contributed by atoms with Gasteiger partial charge in [-0.3, -0.25) is 14.4 Å². The molecule has 3 atom stereocenters. The maximum atomic E-state index is 13.8. The second-order valence-corrected chi connectivity index (χ2v) is 8.55. The Morgan fingerprint density at radius 3 is 2.13 bits per heavy atom. The highest BCUT2D eigenvalue weighted by Crippen LogP contribution is 2.80. The molecule has 0 amide bonds. The van der Waals surface area contributed by atoms with Crippen LogP contribution in [0.3, 0.4) is 0 Å². The quantitative estimate of drug-likeness (QED) is 0.403. The van der Waals surface area contributed by atoms with Crippen molar-refractivity contribution in [1.29, 1.82) is 0 Å². The minimum Gasteiger partial charge on any atom is -0.465 e. The first-order valence-electron chi connectivity index (χ1n) is 10.4. The van der Waals surface area contributed by atoms with Crippen molar-refractivity contribution in [3.63, 3.8) is 0 Å². The molecule has 0 unspecified atom stereocenters. The lowest BCUT2D eigenvalue weighted by Crippen LogP contribution is -2.40. The maximum Gasteiger partial charge on any atom is 0.325 e. The molecule has 2 fully saturated rings. The monoisotopic (exact) mass is 406 g/mol. The Balaban J connectivity index is 1.75. The molecule has 156 valence electrons. The summed E-state index contributed by atoms with van der Waals surface area (Å²) >= 11 is 0. The summed E-state index contributed by atoms with van der Waals surface area (Å²) in [7, 11) is 0. The van der Waals surface area contributed by atoms with Crippen LogP contribution in [0.2, 0.25) is 0 Å². The number of Topliss-reactive ketones (excluding diaryl/α,β-unsaturated/α-hetero) is 1. The fourth-order valence-corrected chi connectivity index (χ4v) is 5.61. The average Bonchev–Trinajstić information content (AvgIpc) is 3.34. The van der Waals surface area contributed by atoms with Gasteiger partial charge in [0.25, 0.3) is 0 Å². The van der Waals surface area contributed by atoms with Crippen molar-refractivity contribution in [2.75, 3.05) is 6.61 Å². The normalized spacial score (nSPS) is 28.4. The van der Waals surface area contributed by atoms with E-state index in [-0.39, 0.29) is 12.4 Å². The van der Waals surface area contributed by atoms with Gasteiger partial charge in [0, 0.05) is 11.5 Å². The number of esters is 2. The number of fused-ring (bicyclic) bond motifs is 1. The van der Waals surface area contributed by atoms with Crippen molar-refractivity contribution < 1.29 is 23.9 Å². The standard InChI is InChI=1S/C25H26O5/c1-5-24(20-23(3,4)30-22(28)25(20,24)21(27)29-6-2)19(26)18-14-12-17(13-15-18)16-10-8-7-9-11-16/h7-15,20H,5-6H2,1-4H3/t20-,24-,25-/m0/s1. The number of ketones is 1. The predicted octanol–water partition coefficient (Wildman–Crippen LogP) is 4.45. The molecule has 1 aliphatic heterocycles. The number of hydrogen-bond donors (Lipinski definition) is 0. The Bertz CT molecular complexity index is 1010. The number of benzene rings is 2. The zero-order chi connectivity index (χ0) is 21.7. The Morgan fingerprint density at radius 2 is 1.57 bits per heavy atom. The van der Waals surface area contributed by atoms with Crippen LogP contribution in [0.25, 0.3) is 11.1 Å². The van der Waals surface area contributed by atoms with E-state index in [1.807, 2.05) is 49.4 Å². The van der Waals surface area contributed by atoms with E-state index in [9.17, 15) is 14.4 Å². The van der Waals surface area contributed by atoms with E-state index in [0.29, 0.717) is 12.0 Å². The van der Waals surface area contributed by atoms with E-state index < -0.39 is 34.3 Å². The van der Waals surface area contributed by atoms with Crippen LogP contribution in [-0.4, -0.2) is 29.9 Å². The summed E-state index contributed by atoms with van der Waals surface area (Å²) in [5, 5.41) is 0. The fraction of sp³-hybridized carbons (Fsp3) is 0.400. The number of hydrogen-bond acceptors (Lipinski definition) is 5. The van der Waals surface area contributed by atoms with Gasteiger partial charge in [0.2, 0.25) is 0 Å². The van der Waals surface area contributed by atoms with Crippen molar-refractivity contribution in [2.45, 2.75) is 39.7 Å². The van der Waals surface area contributed by atoms with Crippen LogP contribution in [0, 0.1) is 16.7 Å². The summed E-state index contributed by atoms with van der Waals surface area (Å²) in [5.41, 5.74) is -1.09. The van der Waals surface area contributed by atoms with Gasteiger partial charge in [0.15, 0.2) is 11.2 Å². The summed E-state index contributed by atoms with van der Waals surface area (Å²) < 4.78 is 10.8. The molecule has 4 rings (SSSR count). The molecular weight excluding hydrogens is 380 g/mol. The third kappa shape index (κ3) is 2.44. The van der Waals surface area contributed by atoms with Crippen molar-refractivity contribution in [3.8, 4) is 11.1 Å². The number of rotatable bonds is 6. The zero-order valence-electron chi connectivity index (χ0n) is 17.7. The Labute approximate surface area is 176 Å². The lowest BCUT2D eigenvalue weighted by molar-refractivity contribution is -0.166. The summed E-state index contributed by atoms with van der Waals surface area (Å²) in [5.74, 6) is -2.04. The van der Waals surface area contributed by atoms with E-state index >= 15 is 0 Å². The molecule has 0 radical (unpaired) electrons. The molecule has 30 heavy (non-hydrogen) atoms. The molecule has 2 aromatic carbocycles. The van der Waals surface area contributed by atoms with Crippen molar-refractivity contribution in [1.82, 2.24) is 0 Å². The number of carbonyl (C=O) groups is 3. The minimum atomic E-state index is -1.56. The van der Waals surface area contributed by atoms with Crippen molar-refractivity contribution in [3.05, 3.63) is 60.2 Å². The van der Waals surface area contributed by atoms with Gasteiger partial charge in [-0.15, -0.1) is 0 Å². The molecule has 0 spiro atoms. The first-order valence-corrected chi connectivity index (χ1v) is 10.4. The highest BCUT2D eigenvalue weighted by molar-refractivity contribution is 6.19. The Morgan fingerprint density at radius 1 is 0.967 bits per heavy atom. The number of carbonyl (C=O) groups excluding carboxylic acids is 3. The van der Waals surface area contributed by atoms with E-state index in [1.54, 1.807) is 32.9 Å². The molecule has 5 nitrogen and oxygen atoms in total. The second kappa shape index (κ2) is 6.79. The molecule has 1 aliphatic carbocycles.